The fourth-order valence-electron chi connectivity index (χ4n) is 6.28. The van der Waals surface area contributed by atoms with Crippen molar-refractivity contribution in [2.24, 2.45) is 0 Å². The number of esters is 2. The van der Waals surface area contributed by atoms with Gasteiger partial charge in [-0.1, -0.05) is 172 Å². The van der Waals surface area contributed by atoms with Crippen molar-refractivity contribution < 1.29 is 37.9 Å². The fourth-order valence-corrected chi connectivity index (χ4v) is 6.64. The van der Waals surface area contributed by atoms with Crippen LogP contribution in [0.15, 0.2) is 36.5 Å². The molecule has 0 amide bonds. The number of hydrogen-bond donors (Lipinski definition) is 2. The molecule has 0 spiro atoms. The van der Waals surface area contributed by atoms with Gasteiger partial charge in [0.1, 0.15) is 6.61 Å². The van der Waals surface area contributed by atoms with Crippen LogP contribution in [0.3, 0.4) is 0 Å². The largest absolute Gasteiger partial charge is 0.469 e. The molecule has 0 saturated carbocycles. The summed E-state index contributed by atoms with van der Waals surface area (Å²) in [5, 5.41) is 0. The van der Waals surface area contributed by atoms with Gasteiger partial charge in [-0.05, 0) is 70.6 Å². The van der Waals surface area contributed by atoms with E-state index in [4.69, 9.17) is 19.3 Å². The molecule has 0 aliphatic carbocycles. The lowest BCUT2D eigenvalue weighted by molar-refractivity contribution is -0.161. The number of allylic oxidation sites excluding steroid dienone is 6. The van der Waals surface area contributed by atoms with Gasteiger partial charge in [-0.25, -0.2) is 4.57 Å². The summed E-state index contributed by atoms with van der Waals surface area (Å²) in [6.07, 6.45) is 48.6. The fraction of sp³-hybridized carbons (Fsp3) is 0.822. The maximum absolute atomic E-state index is 12.4. The van der Waals surface area contributed by atoms with Gasteiger partial charge in [-0.15, -0.1) is 0 Å². The molecular formula is C45H83O8P. The topological polar surface area (TPSA) is 119 Å². The summed E-state index contributed by atoms with van der Waals surface area (Å²) in [7, 11) is -4.76. The molecule has 0 aromatic carbocycles. The van der Waals surface area contributed by atoms with Crippen LogP contribution in [0.4, 0.5) is 0 Å². The highest BCUT2D eigenvalue weighted by molar-refractivity contribution is 7.46. The van der Waals surface area contributed by atoms with Crippen LogP contribution in [-0.4, -0.2) is 41.0 Å². The number of phosphoric acid groups is 1. The van der Waals surface area contributed by atoms with Gasteiger partial charge in [0.25, 0.3) is 0 Å². The van der Waals surface area contributed by atoms with Gasteiger partial charge in [-0.2, -0.15) is 0 Å². The first-order valence-electron chi connectivity index (χ1n) is 22.3. The minimum absolute atomic E-state index is 0.203. The van der Waals surface area contributed by atoms with Gasteiger partial charge in [-0.3, -0.25) is 14.1 Å². The van der Waals surface area contributed by atoms with Gasteiger partial charge >= 0.3 is 19.8 Å². The van der Waals surface area contributed by atoms with Gasteiger partial charge in [0.15, 0.2) is 6.10 Å². The van der Waals surface area contributed by atoms with Crippen molar-refractivity contribution in [3.8, 4) is 0 Å². The van der Waals surface area contributed by atoms with Crippen molar-refractivity contribution in [3.63, 3.8) is 0 Å². The zero-order valence-corrected chi connectivity index (χ0v) is 35.8. The van der Waals surface area contributed by atoms with Gasteiger partial charge < -0.3 is 19.3 Å². The molecule has 1 atom stereocenters. The highest BCUT2D eigenvalue weighted by Gasteiger charge is 2.22. The van der Waals surface area contributed by atoms with E-state index in [-0.39, 0.29) is 19.4 Å². The normalized spacial score (nSPS) is 12.7. The van der Waals surface area contributed by atoms with Crippen LogP contribution >= 0.6 is 7.82 Å². The summed E-state index contributed by atoms with van der Waals surface area (Å²) in [5.74, 6) is -0.891. The molecule has 0 heterocycles. The molecule has 0 aromatic heterocycles. The summed E-state index contributed by atoms with van der Waals surface area (Å²) < 4.78 is 26.4. The van der Waals surface area contributed by atoms with E-state index in [0.717, 1.165) is 51.4 Å². The Morgan fingerprint density at radius 3 is 1.28 bits per heavy atom. The lowest BCUT2D eigenvalue weighted by Gasteiger charge is -2.18. The van der Waals surface area contributed by atoms with Gasteiger partial charge in [0.2, 0.25) is 0 Å². The lowest BCUT2D eigenvalue weighted by Crippen LogP contribution is -2.29. The quantitative estimate of drug-likeness (QED) is 0.0272. The minimum atomic E-state index is -4.76. The highest BCUT2D eigenvalue weighted by atomic mass is 31.2. The van der Waals surface area contributed by atoms with Crippen LogP contribution in [0.25, 0.3) is 0 Å². The van der Waals surface area contributed by atoms with E-state index in [2.05, 4.69) is 54.8 Å². The maximum atomic E-state index is 12.4. The third-order valence-electron chi connectivity index (χ3n) is 9.63. The third kappa shape index (κ3) is 43.0. The van der Waals surface area contributed by atoms with E-state index in [1.54, 1.807) is 0 Å². The molecule has 8 nitrogen and oxygen atoms in total. The van der Waals surface area contributed by atoms with Crippen molar-refractivity contribution in [1.82, 2.24) is 0 Å². The molecule has 0 radical (unpaired) electrons. The van der Waals surface area contributed by atoms with E-state index >= 15 is 0 Å². The number of carbonyl (C=O) groups is 2. The van der Waals surface area contributed by atoms with Crippen LogP contribution in [0.1, 0.15) is 219 Å². The summed E-state index contributed by atoms with van der Waals surface area (Å²) in [6.45, 7) is 3.67. The molecule has 0 aliphatic heterocycles. The molecule has 0 aliphatic rings. The molecule has 0 rings (SSSR count). The third-order valence-corrected chi connectivity index (χ3v) is 10.1. The van der Waals surface area contributed by atoms with Crippen LogP contribution in [-0.2, 0) is 28.2 Å². The molecule has 0 unspecified atom stereocenters. The predicted molar refractivity (Wildman–Crippen MR) is 225 cm³/mol. The molecular weight excluding hydrogens is 699 g/mol. The molecule has 0 bridgehead atoms. The van der Waals surface area contributed by atoms with E-state index < -0.39 is 32.5 Å². The van der Waals surface area contributed by atoms with Crippen molar-refractivity contribution in [1.29, 1.82) is 0 Å². The molecule has 0 fully saturated rings. The van der Waals surface area contributed by atoms with E-state index in [0.29, 0.717) is 6.42 Å². The van der Waals surface area contributed by atoms with Gasteiger partial charge in [0, 0.05) is 12.8 Å². The zero-order valence-electron chi connectivity index (χ0n) is 34.9. The molecule has 316 valence electrons. The smallest absolute Gasteiger partial charge is 0.462 e. The number of unbranched alkanes of at least 4 members (excludes halogenated alkanes) is 25. The molecule has 9 heteroatoms. The maximum Gasteiger partial charge on any atom is 0.469 e. The SMILES string of the molecule is CCCCC/C=C\C/C=C\CCCCCCCCCC(=O)O[C@H](COC(=O)CCCCCCCCCCC/C=C\CCCCCCCC)COP(=O)(O)O. The number of phosphoric ester groups is 1. The van der Waals surface area contributed by atoms with Crippen LogP contribution in [0.5, 0.6) is 0 Å². The van der Waals surface area contributed by atoms with Crippen molar-refractivity contribution in [2.45, 2.75) is 225 Å². The number of hydrogen-bond acceptors (Lipinski definition) is 6. The van der Waals surface area contributed by atoms with E-state index in [1.165, 1.54) is 135 Å². The Morgan fingerprint density at radius 2 is 0.833 bits per heavy atom. The molecule has 2 N–H and O–H groups in total. The number of carbonyl (C=O) groups excluding carboxylic acids is 2. The molecule has 0 aromatic rings. The Balaban J connectivity index is 3.89. The van der Waals surface area contributed by atoms with Crippen molar-refractivity contribution >= 4 is 19.8 Å². The Kier molecular flexibility index (Phi) is 39.6. The first-order chi connectivity index (χ1) is 26.3. The Hall–Kier alpha value is -1.73. The Labute approximate surface area is 332 Å². The van der Waals surface area contributed by atoms with Crippen molar-refractivity contribution in [2.75, 3.05) is 13.2 Å². The Bertz CT molecular complexity index is 973. The monoisotopic (exact) mass is 783 g/mol. The first-order valence-corrected chi connectivity index (χ1v) is 23.8. The second-order valence-corrected chi connectivity index (χ2v) is 16.3. The molecule has 0 saturated heterocycles. The second-order valence-electron chi connectivity index (χ2n) is 15.0. The summed E-state index contributed by atoms with van der Waals surface area (Å²) >= 11 is 0. The predicted octanol–water partition coefficient (Wildman–Crippen LogP) is 13.7. The summed E-state index contributed by atoms with van der Waals surface area (Å²) in [5.41, 5.74) is 0. The van der Waals surface area contributed by atoms with Crippen molar-refractivity contribution in [3.05, 3.63) is 36.5 Å². The summed E-state index contributed by atoms with van der Waals surface area (Å²) in [6, 6.07) is 0. The average Bonchev–Trinajstić information content (AvgIpc) is 3.14. The minimum Gasteiger partial charge on any atom is -0.462 e. The lowest BCUT2D eigenvalue weighted by atomic mass is 10.1. The number of rotatable bonds is 41. The highest BCUT2D eigenvalue weighted by Crippen LogP contribution is 2.36. The van der Waals surface area contributed by atoms with E-state index in [9.17, 15) is 14.2 Å². The standard InChI is InChI=1S/C45H83O8P/c1-3-5-7-9-11-13-15-17-19-21-22-24-25-27-29-31-33-35-37-39-44(46)51-41-43(42-52-54(48,49)50)53-45(47)40-38-36-34-32-30-28-26-23-20-18-16-14-12-10-8-6-4-2/h12,14,17-20,43H,3-11,13,15-16,21-42H2,1-2H3,(H2,48,49,50)/b14-12-,19-17-,20-18-/t43-/m1/s1. The molecule has 54 heavy (non-hydrogen) atoms. The Morgan fingerprint density at radius 1 is 0.481 bits per heavy atom. The van der Waals surface area contributed by atoms with Crippen LogP contribution in [0.2, 0.25) is 0 Å². The first kappa shape index (κ1) is 52.3. The van der Waals surface area contributed by atoms with Crippen LogP contribution < -0.4 is 0 Å². The summed E-state index contributed by atoms with van der Waals surface area (Å²) in [4.78, 5) is 42.9. The zero-order chi connectivity index (χ0) is 39.6. The van der Waals surface area contributed by atoms with E-state index in [1.807, 2.05) is 0 Å². The number of ether oxygens (including phenoxy) is 2. The average molecular weight is 783 g/mol. The van der Waals surface area contributed by atoms with Crippen LogP contribution in [0, 0.1) is 0 Å². The second kappa shape index (κ2) is 40.9. The van der Waals surface area contributed by atoms with Gasteiger partial charge in [0.05, 0.1) is 6.61 Å².